The fraction of sp³-hybridized carbons (Fsp3) is 0.400. The molecule has 0 spiro atoms. The maximum absolute atomic E-state index is 11.6. The highest BCUT2D eigenvalue weighted by Crippen LogP contribution is 2.26. The van der Waals surface area contributed by atoms with E-state index in [9.17, 15) is 4.79 Å². The van der Waals surface area contributed by atoms with Gasteiger partial charge in [-0.25, -0.2) is 4.98 Å². The van der Waals surface area contributed by atoms with Gasteiger partial charge in [-0.2, -0.15) is 4.37 Å². The number of carbonyl (C=O) groups excluding carboxylic acids is 1. The third-order valence-corrected chi connectivity index (χ3v) is 4.59. The van der Waals surface area contributed by atoms with Crippen LogP contribution in [0, 0.1) is 0 Å². The number of primary amides is 1. The van der Waals surface area contributed by atoms with Gasteiger partial charge >= 0.3 is 0 Å². The van der Waals surface area contributed by atoms with Gasteiger partial charge in [-0.1, -0.05) is 12.8 Å². The SMILES string of the molecule is NC(=O)c1ncc(N[C@@H]2CCCC[C@@H]2N)cc1Nc1cnsc1. The summed E-state index contributed by atoms with van der Waals surface area (Å²) in [6.07, 6.45) is 7.72. The van der Waals surface area contributed by atoms with Crippen LogP contribution >= 0.6 is 11.5 Å². The molecule has 0 aromatic carbocycles. The van der Waals surface area contributed by atoms with Crippen LogP contribution < -0.4 is 22.1 Å². The highest BCUT2D eigenvalue weighted by Gasteiger charge is 2.22. The summed E-state index contributed by atoms with van der Waals surface area (Å²) >= 11 is 1.32. The second kappa shape index (κ2) is 6.93. The van der Waals surface area contributed by atoms with E-state index in [0.29, 0.717) is 5.69 Å². The Balaban J connectivity index is 1.82. The van der Waals surface area contributed by atoms with E-state index in [1.54, 1.807) is 12.4 Å². The Hall–Kier alpha value is -2.19. The molecule has 1 amide bonds. The Labute approximate surface area is 138 Å². The summed E-state index contributed by atoms with van der Waals surface area (Å²) in [7, 11) is 0. The van der Waals surface area contributed by atoms with E-state index in [-0.39, 0.29) is 17.8 Å². The van der Waals surface area contributed by atoms with Crippen LogP contribution in [0.1, 0.15) is 36.2 Å². The Morgan fingerprint density at radius 3 is 2.78 bits per heavy atom. The molecule has 0 aliphatic heterocycles. The van der Waals surface area contributed by atoms with Crippen LogP contribution in [0.15, 0.2) is 23.8 Å². The predicted octanol–water partition coefficient (Wildman–Crippen LogP) is 2.06. The Bertz CT molecular complexity index is 675. The van der Waals surface area contributed by atoms with E-state index in [4.69, 9.17) is 11.5 Å². The molecular formula is C15H20N6OS. The van der Waals surface area contributed by atoms with Crippen LogP contribution in [0.3, 0.4) is 0 Å². The zero-order valence-electron chi connectivity index (χ0n) is 12.7. The van der Waals surface area contributed by atoms with Gasteiger partial charge in [-0.3, -0.25) is 4.79 Å². The van der Waals surface area contributed by atoms with Crippen LogP contribution in [-0.4, -0.2) is 27.3 Å². The first-order valence-electron chi connectivity index (χ1n) is 7.62. The van der Waals surface area contributed by atoms with Crippen molar-refractivity contribution in [2.75, 3.05) is 10.6 Å². The molecule has 0 unspecified atom stereocenters. The molecule has 122 valence electrons. The van der Waals surface area contributed by atoms with Crippen molar-refractivity contribution in [3.8, 4) is 0 Å². The molecule has 0 saturated heterocycles. The molecule has 23 heavy (non-hydrogen) atoms. The van der Waals surface area contributed by atoms with Crippen molar-refractivity contribution in [1.29, 1.82) is 0 Å². The van der Waals surface area contributed by atoms with Crippen molar-refractivity contribution in [2.24, 2.45) is 11.5 Å². The molecule has 7 nitrogen and oxygen atoms in total. The van der Waals surface area contributed by atoms with Gasteiger partial charge in [-0.15, -0.1) is 0 Å². The highest BCUT2D eigenvalue weighted by molar-refractivity contribution is 7.04. The van der Waals surface area contributed by atoms with Gasteiger partial charge in [0.05, 0.1) is 29.5 Å². The van der Waals surface area contributed by atoms with E-state index in [0.717, 1.165) is 24.2 Å². The van der Waals surface area contributed by atoms with Gasteiger partial charge in [0.1, 0.15) is 0 Å². The van der Waals surface area contributed by atoms with E-state index < -0.39 is 5.91 Å². The molecule has 2 aromatic heterocycles. The van der Waals surface area contributed by atoms with Crippen LogP contribution in [0.25, 0.3) is 0 Å². The number of amides is 1. The zero-order valence-corrected chi connectivity index (χ0v) is 13.5. The van der Waals surface area contributed by atoms with Gasteiger partial charge in [0.15, 0.2) is 5.69 Å². The number of anilines is 3. The third kappa shape index (κ3) is 3.77. The predicted molar refractivity (Wildman–Crippen MR) is 92.0 cm³/mol. The summed E-state index contributed by atoms with van der Waals surface area (Å²) in [5, 5.41) is 8.41. The molecule has 1 aliphatic carbocycles. The molecule has 6 N–H and O–H groups in total. The molecule has 2 atom stereocenters. The fourth-order valence-corrected chi connectivity index (χ4v) is 3.28. The lowest BCUT2D eigenvalue weighted by molar-refractivity contribution is 0.0996. The highest BCUT2D eigenvalue weighted by atomic mass is 32.1. The van der Waals surface area contributed by atoms with Gasteiger partial charge in [0.25, 0.3) is 5.91 Å². The topological polar surface area (TPSA) is 119 Å². The first kappa shape index (κ1) is 15.7. The third-order valence-electron chi connectivity index (χ3n) is 4.00. The second-order valence-corrected chi connectivity index (χ2v) is 6.38. The van der Waals surface area contributed by atoms with Crippen molar-refractivity contribution in [2.45, 2.75) is 37.8 Å². The Kier molecular flexibility index (Phi) is 4.73. The Morgan fingerprint density at radius 2 is 2.09 bits per heavy atom. The van der Waals surface area contributed by atoms with E-state index >= 15 is 0 Å². The summed E-state index contributed by atoms with van der Waals surface area (Å²) < 4.78 is 4.03. The van der Waals surface area contributed by atoms with Crippen molar-refractivity contribution in [3.63, 3.8) is 0 Å². The number of hydrogen-bond acceptors (Lipinski definition) is 7. The van der Waals surface area contributed by atoms with Gasteiger partial charge in [-0.05, 0) is 30.4 Å². The summed E-state index contributed by atoms with van der Waals surface area (Å²) in [5.41, 5.74) is 14.0. The fourth-order valence-electron chi connectivity index (χ4n) is 2.81. The van der Waals surface area contributed by atoms with Crippen LogP contribution in [-0.2, 0) is 0 Å². The number of carbonyl (C=O) groups is 1. The minimum Gasteiger partial charge on any atom is -0.379 e. The quantitative estimate of drug-likeness (QED) is 0.665. The minimum atomic E-state index is -0.573. The van der Waals surface area contributed by atoms with Crippen molar-refractivity contribution < 1.29 is 4.79 Å². The lowest BCUT2D eigenvalue weighted by atomic mass is 9.91. The molecule has 0 bridgehead atoms. The monoisotopic (exact) mass is 332 g/mol. The molecule has 1 aliphatic rings. The largest absolute Gasteiger partial charge is 0.379 e. The molecule has 8 heteroatoms. The summed E-state index contributed by atoms with van der Waals surface area (Å²) in [6.45, 7) is 0. The van der Waals surface area contributed by atoms with Gasteiger partial charge in [0, 0.05) is 17.5 Å². The number of rotatable bonds is 5. The van der Waals surface area contributed by atoms with Crippen molar-refractivity contribution >= 4 is 34.5 Å². The number of nitrogens with one attached hydrogen (secondary N) is 2. The van der Waals surface area contributed by atoms with E-state index in [1.165, 1.54) is 24.4 Å². The summed E-state index contributed by atoms with van der Waals surface area (Å²) in [5.74, 6) is -0.573. The zero-order chi connectivity index (χ0) is 16.2. The lowest BCUT2D eigenvalue weighted by Gasteiger charge is -2.30. The smallest absolute Gasteiger partial charge is 0.269 e. The lowest BCUT2D eigenvalue weighted by Crippen LogP contribution is -2.42. The molecular weight excluding hydrogens is 312 g/mol. The van der Waals surface area contributed by atoms with Crippen molar-refractivity contribution in [1.82, 2.24) is 9.36 Å². The normalized spacial score (nSPS) is 20.9. The van der Waals surface area contributed by atoms with Gasteiger partial charge in [0.2, 0.25) is 0 Å². The molecule has 2 heterocycles. The number of pyridine rings is 1. The first-order chi connectivity index (χ1) is 11.1. The minimum absolute atomic E-state index is 0.136. The maximum Gasteiger partial charge on any atom is 0.269 e. The standard InChI is InChI=1S/C15H20N6OS/c16-11-3-1-2-4-12(11)20-9-5-13(14(15(17)22)18-6-9)21-10-7-19-23-8-10/h5-8,11-12,20-21H,1-4,16H2,(H2,17,22)/t11-,12+/m0/s1. The molecule has 1 fully saturated rings. The van der Waals surface area contributed by atoms with Crippen LogP contribution in [0.5, 0.6) is 0 Å². The second-order valence-electron chi connectivity index (χ2n) is 5.72. The van der Waals surface area contributed by atoms with Crippen LogP contribution in [0.2, 0.25) is 0 Å². The van der Waals surface area contributed by atoms with Crippen molar-refractivity contribution in [3.05, 3.63) is 29.5 Å². The average molecular weight is 332 g/mol. The number of nitrogens with two attached hydrogens (primary N) is 2. The number of hydrogen-bond donors (Lipinski definition) is 4. The summed E-state index contributed by atoms with van der Waals surface area (Å²) in [4.78, 5) is 15.8. The summed E-state index contributed by atoms with van der Waals surface area (Å²) in [6, 6.07) is 2.20. The molecule has 3 rings (SSSR count). The number of nitrogens with zero attached hydrogens (tertiary/aromatic N) is 2. The first-order valence-corrected chi connectivity index (χ1v) is 8.45. The molecule has 0 radical (unpaired) electrons. The van der Waals surface area contributed by atoms with Crippen LogP contribution in [0.4, 0.5) is 17.1 Å². The maximum atomic E-state index is 11.6. The Morgan fingerprint density at radius 1 is 1.26 bits per heavy atom. The van der Waals surface area contributed by atoms with E-state index in [1.807, 2.05) is 11.4 Å². The molecule has 2 aromatic rings. The molecule has 1 saturated carbocycles. The number of aromatic nitrogens is 2. The van der Waals surface area contributed by atoms with E-state index in [2.05, 4.69) is 20.0 Å². The average Bonchev–Trinajstić information content (AvgIpc) is 3.02. The van der Waals surface area contributed by atoms with Gasteiger partial charge < -0.3 is 22.1 Å².